The van der Waals surface area contributed by atoms with Crippen molar-refractivity contribution in [2.24, 2.45) is 5.73 Å². The van der Waals surface area contributed by atoms with Crippen LogP contribution in [0, 0.1) is 5.82 Å². The second-order valence-corrected chi connectivity index (χ2v) is 3.82. The predicted octanol–water partition coefficient (Wildman–Crippen LogP) is 0.848. The molecule has 0 amide bonds. The van der Waals surface area contributed by atoms with Gasteiger partial charge in [0.1, 0.15) is 11.6 Å². The van der Waals surface area contributed by atoms with Gasteiger partial charge in [-0.05, 0) is 23.8 Å². The van der Waals surface area contributed by atoms with Gasteiger partial charge < -0.3 is 15.8 Å². The number of hydrogen-bond acceptors (Lipinski definition) is 3. The van der Waals surface area contributed by atoms with Gasteiger partial charge in [0.2, 0.25) is 0 Å². The summed E-state index contributed by atoms with van der Waals surface area (Å²) in [6.45, 7) is 1.46. The molecule has 0 spiro atoms. The van der Waals surface area contributed by atoms with Gasteiger partial charge >= 0.3 is 0 Å². The number of benzene rings is 1. The Morgan fingerprint density at radius 2 is 2.27 bits per heavy atom. The van der Waals surface area contributed by atoms with Crippen molar-refractivity contribution in [1.29, 1.82) is 0 Å². The van der Waals surface area contributed by atoms with Crippen molar-refractivity contribution in [3.05, 3.63) is 29.6 Å². The molecule has 0 unspecified atom stereocenters. The normalized spacial score (nSPS) is 25.5. The van der Waals surface area contributed by atoms with E-state index >= 15 is 0 Å². The summed E-state index contributed by atoms with van der Waals surface area (Å²) in [5.41, 5.74) is 6.55. The third-order valence-electron chi connectivity index (χ3n) is 2.86. The van der Waals surface area contributed by atoms with Gasteiger partial charge in [-0.2, -0.15) is 0 Å². The van der Waals surface area contributed by atoms with Crippen molar-refractivity contribution in [2.75, 3.05) is 20.2 Å². The van der Waals surface area contributed by atoms with E-state index in [1.165, 1.54) is 6.07 Å². The molecule has 0 aliphatic carbocycles. The molecule has 0 saturated carbocycles. The first-order valence-electron chi connectivity index (χ1n) is 5.02. The summed E-state index contributed by atoms with van der Waals surface area (Å²) in [5, 5.41) is 3.15. The molecule has 1 fully saturated rings. The van der Waals surface area contributed by atoms with E-state index in [0.717, 1.165) is 13.1 Å². The molecule has 1 aromatic rings. The average molecular weight is 210 g/mol. The third-order valence-corrected chi connectivity index (χ3v) is 2.86. The molecular weight excluding hydrogens is 195 g/mol. The first-order valence-corrected chi connectivity index (χ1v) is 5.02. The fraction of sp³-hybridized carbons (Fsp3) is 0.455. The van der Waals surface area contributed by atoms with Crippen molar-refractivity contribution >= 4 is 0 Å². The highest BCUT2D eigenvalue weighted by Gasteiger charge is 2.27. The van der Waals surface area contributed by atoms with Crippen molar-refractivity contribution in [2.45, 2.75) is 12.0 Å². The monoisotopic (exact) mass is 210 g/mol. The SMILES string of the molecule is COc1ccc(F)c([C@@H]2CNC[C@H]2N)c1. The van der Waals surface area contributed by atoms with Gasteiger partial charge in [0, 0.05) is 25.0 Å². The molecule has 0 radical (unpaired) electrons. The molecule has 1 aliphatic rings. The van der Waals surface area contributed by atoms with Crippen LogP contribution in [0.5, 0.6) is 5.75 Å². The third kappa shape index (κ3) is 1.96. The van der Waals surface area contributed by atoms with E-state index in [0.29, 0.717) is 11.3 Å². The summed E-state index contributed by atoms with van der Waals surface area (Å²) >= 11 is 0. The molecule has 3 N–H and O–H groups in total. The fourth-order valence-corrected chi connectivity index (χ4v) is 1.97. The predicted molar refractivity (Wildman–Crippen MR) is 56.5 cm³/mol. The van der Waals surface area contributed by atoms with Crippen LogP contribution >= 0.6 is 0 Å². The summed E-state index contributed by atoms with van der Waals surface area (Å²) in [6, 6.07) is 4.75. The van der Waals surface area contributed by atoms with Crippen molar-refractivity contribution < 1.29 is 9.13 Å². The van der Waals surface area contributed by atoms with Gasteiger partial charge in [-0.1, -0.05) is 0 Å². The largest absolute Gasteiger partial charge is 0.497 e. The van der Waals surface area contributed by atoms with Crippen LogP contribution in [0.2, 0.25) is 0 Å². The average Bonchev–Trinajstić information content (AvgIpc) is 2.65. The first kappa shape index (κ1) is 10.4. The highest BCUT2D eigenvalue weighted by molar-refractivity contribution is 5.34. The highest BCUT2D eigenvalue weighted by Crippen LogP contribution is 2.27. The second-order valence-electron chi connectivity index (χ2n) is 3.82. The lowest BCUT2D eigenvalue weighted by molar-refractivity contribution is 0.411. The van der Waals surface area contributed by atoms with E-state index in [-0.39, 0.29) is 17.8 Å². The lowest BCUT2D eigenvalue weighted by Gasteiger charge is -2.16. The van der Waals surface area contributed by atoms with Crippen molar-refractivity contribution in [3.8, 4) is 5.75 Å². The standard InChI is InChI=1S/C11H15FN2O/c1-15-7-2-3-10(12)8(4-7)9-5-14-6-11(9)13/h2-4,9,11,14H,5-6,13H2,1H3/t9-,11+/m0/s1. The van der Waals surface area contributed by atoms with E-state index in [1.54, 1.807) is 19.2 Å². The summed E-state index contributed by atoms with van der Waals surface area (Å²) in [7, 11) is 1.57. The number of methoxy groups -OCH3 is 1. The highest BCUT2D eigenvalue weighted by atomic mass is 19.1. The van der Waals surface area contributed by atoms with E-state index in [1.807, 2.05) is 0 Å². The molecule has 0 bridgehead atoms. The molecule has 1 aliphatic heterocycles. The van der Waals surface area contributed by atoms with E-state index in [4.69, 9.17) is 10.5 Å². The molecule has 4 heteroatoms. The molecule has 3 nitrogen and oxygen atoms in total. The number of ether oxygens (including phenoxy) is 1. The zero-order valence-electron chi connectivity index (χ0n) is 8.66. The van der Waals surface area contributed by atoms with E-state index in [9.17, 15) is 4.39 Å². The minimum Gasteiger partial charge on any atom is -0.497 e. The summed E-state index contributed by atoms with van der Waals surface area (Å²) in [5.74, 6) is 0.505. The van der Waals surface area contributed by atoms with Crippen LogP contribution in [-0.2, 0) is 0 Å². The van der Waals surface area contributed by atoms with Gasteiger partial charge in [-0.25, -0.2) is 4.39 Å². The van der Waals surface area contributed by atoms with Crippen LogP contribution < -0.4 is 15.8 Å². The number of hydrogen-bond donors (Lipinski definition) is 2. The summed E-state index contributed by atoms with van der Waals surface area (Å²) in [6.07, 6.45) is 0. The van der Waals surface area contributed by atoms with Crippen molar-refractivity contribution in [3.63, 3.8) is 0 Å². The molecule has 1 aromatic carbocycles. The number of nitrogens with one attached hydrogen (secondary N) is 1. The Kier molecular flexibility index (Phi) is 2.88. The Balaban J connectivity index is 2.33. The lowest BCUT2D eigenvalue weighted by atomic mass is 9.94. The molecule has 1 heterocycles. The quantitative estimate of drug-likeness (QED) is 0.760. The minimum absolute atomic E-state index is 0.0217. The summed E-state index contributed by atoms with van der Waals surface area (Å²) < 4.78 is 18.7. The van der Waals surface area contributed by atoms with E-state index < -0.39 is 0 Å². The number of rotatable bonds is 2. The zero-order valence-corrected chi connectivity index (χ0v) is 8.66. The number of nitrogens with two attached hydrogens (primary N) is 1. The Bertz CT molecular complexity index is 356. The molecule has 15 heavy (non-hydrogen) atoms. The van der Waals surface area contributed by atoms with E-state index in [2.05, 4.69) is 5.32 Å². The second kappa shape index (κ2) is 4.16. The molecule has 1 saturated heterocycles. The molecular formula is C11H15FN2O. The number of halogens is 1. The van der Waals surface area contributed by atoms with Gasteiger partial charge in [0.05, 0.1) is 7.11 Å². The Morgan fingerprint density at radius 1 is 1.47 bits per heavy atom. The smallest absolute Gasteiger partial charge is 0.127 e. The summed E-state index contributed by atoms with van der Waals surface area (Å²) in [4.78, 5) is 0. The topological polar surface area (TPSA) is 47.3 Å². The minimum atomic E-state index is -0.208. The zero-order chi connectivity index (χ0) is 10.8. The molecule has 2 rings (SSSR count). The maximum Gasteiger partial charge on any atom is 0.127 e. The first-order chi connectivity index (χ1) is 7.22. The van der Waals surface area contributed by atoms with Crippen LogP contribution in [-0.4, -0.2) is 26.2 Å². The Morgan fingerprint density at radius 3 is 2.87 bits per heavy atom. The van der Waals surface area contributed by atoms with Gasteiger partial charge in [-0.15, -0.1) is 0 Å². The molecule has 2 atom stereocenters. The van der Waals surface area contributed by atoms with Crippen molar-refractivity contribution in [1.82, 2.24) is 5.32 Å². The maximum absolute atomic E-state index is 13.6. The van der Waals surface area contributed by atoms with Crippen LogP contribution in [0.15, 0.2) is 18.2 Å². The Hall–Kier alpha value is -1.13. The van der Waals surface area contributed by atoms with Gasteiger partial charge in [0.15, 0.2) is 0 Å². The molecule has 82 valence electrons. The van der Waals surface area contributed by atoms with Crippen LogP contribution in [0.3, 0.4) is 0 Å². The van der Waals surface area contributed by atoms with Crippen LogP contribution in [0.25, 0.3) is 0 Å². The lowest BCUT2D eigenvalue weighted by Crippen LogP contribution is -2.28. The fourth-order valence-electron chi connectivity index (χ4n) is 1.97. The van der Waals surface area contributed by atoms with Gasteiger partial charge in [0.25, 0.3) is 0 Å². The van der Waals surface area contributed by atoms with Gasteiger partial charge in [-0.3, -0.25) is 0 Å². The molecule has 0 aromatic heterocycles. The maximum atomic E-state index is 13.6. The Labute approximate surface area is 88.4 Å². The van der Waals surface area contributed by atoms with Crippen LogP contribution in [0.1, 0.15) is 11.5 Å². The van der Waals surface area contributed by atoms with Crippen LogP contribution in [0.4, 0.5) is 4.39 Å².